The van der Waals surface area contributed by atoms with Crippen LogP contribution in [0.1, 0.15) is 25.7 Å². The highest BCUT2D eigenvalue weighted by Crippen LogP contribution is 2.60. The second-order valence-corrected chi connectivity index (χ2v) is 5.47. The second-order valence-electron chi connectivity index (χ2n) is 3.14. The molecule has 2 saturated heterocycles. The van der Waals surface area contributed by atoms with Crippen LogP contribution in [-0.2, 0) is 13.6 Å². The van der Waals surface area contributed by atoms with Crippen LogP contribution >= 0.6 is 7.60 Å². The molecule has 2 heterocycles. The summed E-state index contributed by atoms with van der Waals surface area (Å²) in [6, 6.07) is 0. The Bertz CT molecular complexity index is 176. The molecule has 0 aromatic rings. The Morgan fingerprint density at radius 2 is 1.64 bits per heavy atom. The van der Waals surface area contributed by atoms with Crippen molar-refractivity contribution in [2.24, 2.45) is 0 Å². The lowest BCUT2D eigenvalue weighted by molar-refractivity contribution is 0.150. The smallest absolute Gasteiger partial charge is 0.308 e. The highest BCUT2D eigenvalue weighted by molar-refractivity contribution is 7.54. The molecule has 0 unspecified atom stereocenters. The lowest BCUT2D eigenvalue weighted by Gasteiger charge is -2.34. The lowest BCUT2D eigenvalue weighted by Crippen LogP contribution is -2.23. The fourth-order valence-corrected chi connectivity index (χ4v) is 3.99. The molecule has 2 rings (SSSR count). The summed E-state index contributed by atoms with van der Waals surface area (Å²) in [6.07, 6.45) is 4.13. The van der Waals surface area contributed by atoms with Crippen LogP contribution in [0.2, 0.25) is 0 Å². The van der Waals surface area contributed by atoms with Crippen molar-refractivity contribution < 1.29 is 13.6 Å². The summed E-state index contributed by atoms with van der Waals surface area (Å²) in [5.41, 5.74) is 0.213. The molecule has 2 fully saturated rings. The fraction of sp³-hybridized carbons (Fsp3) is 1.00. The van der Waals surface area contributed by atoms with Crippen molar-refractivity contribution in [2.45, 2.75) is 31.3 Å². The third kappa shape index (κ3) is 1.37. The van der Waals surface area contributed by atoms with E-state index in [0.29, 0.717) is 13.2 Å². The van der Waals surface area contributed by atoms with E-state index in [9.17, 15) is 4.57 Å². The van der Waals surface area contributed by atoms with E-state index < -0.39 is 7.60 Å². The molecule has 3 nitrogen and oxygen atoms in total. The van der Waals surface area contributed by atoms with Crippen LogP contribution in [-0.4, -0.2) is 18.9 Å². The van der Waals surface area contributed by atoms with Gasteiger partial charge in [0.15, 0.2) is 0 Å². The third-order valence-electron chi connectivity index (χ3n) is 2.35. The topological polar surface area (TPSA) is 35.5 Å². The van der Waals surface area contributed by atoms with Crippen molar-refractivity contribution in [2.75, 3.05) is 13.2 Å². The Kier molecular flexibility index (Phi) is 2.04. The minimum Gasteiger partial charge on any atom is -0.308 e. The first-order valence-corrected chi connectivity index (χ1v) is 5.81. The molecule has 0 spiro atoms. The second kappa shape index (κ2) is 2.89. The largest absolute Gasteiger partial charge is 0.333 e. The van der Waals surface area contributed by atoms with Crippen molar-refractivity contribution in [1.82, 2.24) is 0 Å². The molecule has 0 bridgehead atoms. The van der Waals surface area contributed by atoms with E-state index in [2.05, 4.69) is 0 Å². The zero-order chi connectivity index (χ0) is 7.73. The van der Waals surface area contributed by atoms with Gasteiger partial charge in [0, 0.05) is 0 Å². The van der Waals surface area contributed by atoms with Gasteiger partial charge in [0.1, 0.15) is 0 Å². The van der Waals surface area contributed by atoms with E-state index in [-0.39, 0.29) is 5.66 Å². The molecule has 0 amide bonds. The summed E-state index contributed by atoms with van der Waals surface area (Å²) >= 11 is 0. The first-order valence-electron chi connectivity index (χ1n) is 4.20. The maximum atomic E-state index is 11.8. The van der Waals surface area contributed by atoms with Crippen molar-refractivity contribution in [1.29, 1.82) is 0 Å². The summed E-state index contributed by atoms with van der Waals surface area (Å²) in [6.45, 7) is 1.24. The first kappa shape index (κ1) is 7.78. The molecule has 0 saturated carbocycles. The highest BCUT2D eigenvalue weighted by Gasteiger charge is 2.40. The van der Waals surface area contributed by atoms with Gasteiger partial charge in [-0.25, -0.2) is 0 Å². The monoisotopic (exact) mass is 176 g/mol. The molecule has 0 aliphatic carbocycles. The Hall–Kier alpha value is 0.150. The molecular formula is C7H13O3P. The van der Waals surface area contributed by atoms with Crippen LogP contribution in [0.15, 0.2) is 0 Å². The van der Waals surface area contributed by atoms with Crippen LogP contribution in [0, 0.1) is 0 Å². The minimum absolute atomic E-state index is 0.213. The maximum Gasteiger partial charge on any atom is 0.333 e. The molecule has 64 valence electrons. The van der Waals surface area contributed by atoms with Gasteiger partial charge in [0.25, 0.3) is 0 Å². The molecule has 2 aliphatic heterocycles. The third-order valence-corrected chi connectivity index (χ3v) is 4.85. The van der Waals surface area contributed by atoms with Gasteiger partial charge in [0.2, 0.25) is 0 Å². The SMILES string of the molecule is O=P12OCCCC1CCCO2. The summed E-state index contributed by atoms with van der Waals surface area (Å²) in [5, 5.41) is 0. The number of rotatable bonds is 0. The van der Waals surface area contributed by atoms with Crippen molar-refractivity contribution >= 4 is 7.60 Å². The van der Waals surface area contributed by atoms with E-state index in [4.69, 9.17) is 9.05 Å². The maximum absolute atomic E-state index is 11.8. The number of hydrogen-bond acceptors (Lipinski definition) is 3. The summed E-state index contributed by atoms with van der Waals surface area (Å²) in [4.78, 5) is 0. The van der Waals surface area contributed by atoms with Crippen molar-refractivity contribution in [3.05, 3.63) is 0 Å². The number of fused-ring (bicyclic) bond motifs is 1. The standard InChI is InChI=1S/C7H13O3P/c8-11-7(3-1-5-9-11)4-2-6-10-11/h7H,1-6H2. The summed E-state index contributed by atoms with van der Waals surface area (Å²) < 4.78 is 22.2. The van der Waals surface area contributed by atoms with Gasteiger partial charge in [-0.2, -0.15) is 0 Å². The Morgan fingerprint density at radius 1 is 1.09 bits per heavy atom. The molecule has 11 heavy (non-hydrogen) atoms. The molecule has 2 aliphatic rings. The summed E-state index contributed by atoms with van der Waals surface area (Å²) in [5.74, 6) is 0. The highest BCUT2D eigenvalue weighted by atomic mass is 31.2. The van der Waals surface area contributed by atoms with E-state index >= 15 is 0 Å². The molecule has 0 aromatic heterocycles. The van der Waals surface area contributed by atoms with E-state index in [1.807, 2.05) is 0 Å². The van der Waals surface area contributed by atoms with Crippen LogP contribution in [0.4, 0.5) is 0 Å². The van der Waals surface area contributed by atoms with Crippen molar-refractivity contribution in [3.8, 4) is 0 Å². The zero-order valence-electron chi connectivity index (χ0n) is 6.49. The van der Waals surface area contributed by atoms with E-state index in [1.54, 1.807) is 0 Å². The Labute approximate surface area is 66.6 Å². The lowest BCUT2D eigenvalue weighted by atomic mass is 10.1. The Balaban J connectivity index is 2.13. The van der Waals surface area contributed by atoms with Gasteiger partial charge >= 0.3 is 7.60 Å². The molecule has 0 N–H and O–H groups in total. The predicted octanol–water partition coefficient (Wildman–Crippen LogP) is 2.17. The van der Waals surface area contributed by atoms with Gasteiger partial charge in [-0.1, -0.05) is 0 Å². The number of hydrogen-bond donors (Lipinski definition) is 0. The molecule has 0 radical (unpaired) electrons. The molecule has 0 atom stereocenters. The quantitative estimate of drug-likeness (QED) is 0.530. The zero-order valence-corrected chi connectivity index (χ0v) is 7.39. The van der Waals surface area contributed by atoms with Gasteiger partial charge in [-0.15, -0.1) is 0 Å². The van der Waals surface area contributed by atoms with Crippen LogP contribution in [0.3, 0.4) is 0 Å². The molecule has 0 aromatic carbocycles. The van der Waals surface area contributed by atoms with Gasteiger partial charge in [-0.3, -0.25) is 4.57 Å². The first-order chi connectivity index (χ1) is 5.31. The normalized spacial score (nSPS) is 44.9. The Morgan fingerprint density at radius 3 is 2.09 bits per heavy atom. The summed E-state index contributed by atoms with van der Waals surface area (Å²) in [7, 11) is -2.62. The average Bonchev–Trinajstić information content (AvgIpc) is 2.03. The average molecular weight is 176 g/mol. The molecular weight excluding hydrogens is 163 g/mol. The fourth-order valence-electron chi connectivity index (χ4n) is 1.73. The molecule has 4 heteroatoms. The van der Waals surface area contributed by atoms with Crippen molar-refractivity contribution in [3.63, 3.8) is 0 Å². The van der Waals surface area contributed by atoms with Crippen LogP contribution in [0.25, 0.3) is 0 Å². The van der Waals surface area contributed by atoms with Gasteiger partial charge in [0.05, 0.1) is 18.9 Å². The minimum atomic E-state index is -2.62. The van der Waals surface area contributed by atoms with Gasteiger partial charge < -0.3 is 9.05 Å². The van der Waals surface area contributed by atoms with E-state index in [0.717, 1.165) is 25.7 Å². The van der Waals surface area contributed by atoms with Gasteiger partial charge in [-0.05, 0) is 25.7 Å². The van der Waals surface area contributed by atoms with Crippen LogP contribution < -0.4 is 0 Å². The van der Waals surface area contributed by atoms with Crippen LogP contribution in [0.5, 0.6) is 0 Å². The predicted molar refractivity (Wildman–Crippen MR) is 41.8 cm³/mol. The van der Waals surface area contributed by atoms with E-state index in [1.165, 1.54) is 0 Å².